The number of nitrogens with one attached hydrogen (secondary N) is 1. The van der Waals surface area contributed by atoms with Crippen LogP contribution < -0.4 is 5.32 Å². The molecule has 0 saturated heterocycles. The van der Waals surface area contributed by atoms with Gasteiger partial charge in [-0.2, -0.15) is 0 Å². The highest BCUT2D eigenvalue weighted by Gasteiger charge is 2.33. The Hall–Kier alpha value is -5.30. The quantitative estimate of drug-likeness (QED) is 0.491. The van der Waals surface area contributed by atoms with E-state index >= 15 is 0 Å². The van der Waals surface area contributed by atoms with E-state index in [1.165, 1.54) is 0 Å². The first-order chi connectivity index (χ1) is 16.6. The summed E-state index contributed by atoms with van der Waals surface area (Å²) in [4.78, 5) is 16.3. The Morgan fingerprint density at radius 1 is 0.824 bits per heavy atom. The molecule has 34 heavy (non-hydrogen) atoms. The lowest BCUT2D eigenvalue weighted by Crippen LogP contribution is -2.53. The van der Waals surface area contributed by atoms with Crippen LogP contribution in [0.2, 0.25) is 0 Å². The maximum atomic E-state index is 11.8. The van der Waals surface area contributed by atoms with Gasteiger partial charge in [-0.3, -0.25) is 9.28 Å². The Kier molecular flexibility index (Phi) is 13.7. The van der Waals surface area contributed by atoms with Crippen LogP contribution in [0.15, 0.2) is 4.99 Å². The minimum absolute atomic E-state index is 0.365. The molecule has 0 aromatic heterocycles. The van der Waals surface area contributed by atoms with Crippen LogP contribution in [-0.4, -0.2) is 48.9 Å². The third kappa shape index (κ3) is 11.8. The fourth-order valence-corrected chi connectivity index (χ4v) is 2.82. The fourth-order valence-electron chi connectivity index (χ4n) is 2.82. The molecule has 1 heterocycles. The second-order valence-electron chi connectivity index (χ2n) is 6.40. The number of carbonyl (C=O) groups excluding carboxylic acids is 1. The van der Waals surface area contributed by atoms with Crippen LogP contribution in [0.5, 0.6) is 0 Å². The lowest BCUT2D eigenvalue weighted by atomic mass is 10.3. The monoisotopic (exact) mass is 438 g/mol. The first kappa shape index (κ1) is 26.7. The minimum Gasteiger partial charge on any atom is -0.340 e. The number of rotatable bonds is 5. The van der Waals surface area contributed by atoms with E-state index in [0.29, 0.717) is 6.54 Å². The molecule has 1 rings (SSSR count). The van der Waals surface area contributed by atoms with E-state index in [-0.39, 0.29) is 5.91 Å². The molecule has 1 atom stereocenters. The lowest BCUT2D eigenvalue weighted by Gasteiger charge is -2.33. The van der Waals surface area contributed by atoms with E-state index in [0.717, 1.165) is 42.9 Å². The minimum atomic E-state index is -0.365. The van der Waals surface area contributed by atoms with Gasteiger partial charge in [-0.15, -0.1) is 6.42 Å². The molecule has 1 N–H and O–H groups in total. The fraction of sp³-hybridized carbons (Fsp3) is 0.267. The normalized spacial score (nSPS) is 13.3. The van der Waals surface area contributed by atoms with Crippen molar-refractivity contribution in [1.82, 2.24) is 5.32 Å². The van der Waals surface area contributed by atoms with Crippen molar-refractivity contribution in [2.24, 2.45) is 4.99 Å². The van der Waals surface area contributed by atoms with Gasteiger partial charge >= 0.3 is 0 Å². The predicted molar refractivity (Wildman–Crippen MR) is 135 cm³/mol. The Labute approximate surface area is 203 Å². The van der Waals surface area contributed by atoms with Gasteiger partial charge in [0.15, 0.2) is 5.84 Å². The second kappa shape index (κ2) is 17.4. The number of terminal acetylenes is 1. The zero-order valence-electron chi connectivity index (χ0n) is 19.1. The zero-order valence-corrected chi connectivity index (χ0v) is 19.1. The summed E-state index contributed by atoms with van der Waals surface area (Å²) < 4.78 is 0.838. The summed E-state index contributed by atoms with van der Waals surface area (Å²) in [6, 6.07) is 0. The van der Waals surface area contributed by atoms with Crippen LogP contribution >= 0.6 is 0 Å². The highest BCUT2D eigenvalue weighted by atomic mass is 16.1. The largest absolute Gasteiger partial charge is 0.340 e. The zero-order chi connectivity index (χ0) is 24.7. The van der Waals surface area contributed by atoms with Crippen LogP contribution in [0.3, 0.4) is 0 Å². The van der Waals surface area contributed by atoms with Gasteiger partial charge in [0.05, 0.1) is 19.6 Å². The highest BCUT2D eigenvalue weighted by molar-refractivity contribution is 5.94. The summed E-state index contributed by atoms with van der Waals surface area (Å²) >= 11 is 0. The van der Waals surface area contributed by atoms with Crippen molar-refractivity contribution < 1.29 is 9.28 Å². The molecule has 1 aliphatic rings. The summed E-state index contributed by atoms with van der Waals surface area (Å²) in [6.45, 7) is 8.42. The maximum absolute atomic E-state index is 11.8. The van der Waals surface area contributed by atoms with Crippen molar-refractivity contribution in [2.75, 3.05) is 32.7 Å². The number of amides is 1. The van der Waals surface area contributed by atoms with Crippen molar-refractivity contribution in [3.05, 3.63) is 0 Å². The van der Waals surface area contributed by atoms with Gasteiger partial charge in [0, 0.05) is 24.7 Å². The summed E-state index contributed by atoms with van der Waals surface area (Å²) in [6.07, 6.45) is 6.00. The van der Waals surface area contributed by atoms with E-state index in [9.17, 15) is 4.79 Å². The first-order valence-corrected chi connectivity index (χ1v) is 10.3. The van der Waals surface area contributed by atoms with Crippen LogP contribution in [0.4, 0.5) is 0 Å². The average Bonchev–Trinajstić information content (AvgIpc) is 3.18. The Morgan fingerprint density at radius 3 is 1.71 bits per heavy atom. The third-order valence-electron chi connectivity index (χ3n) is 4.28. The van der Waals surface area contributed by atoms with Crippen molar-refractivity contribution in [1.29, 1.82) is 0 Å². The summed E-state index contributed by atoms with van der Waals surface area (Å²) in [7, 11) is 0. The molecule has 0 aliphatic carbocycles. The second-order valence-corrected chi connectivity index (χ2v) is 6.40. The smallest absolute Gasteiger partial charge is 0.297 e. The maximum Gasteiger partial charge on any atom is 0.297 e. The molecule has 0 aromatic carbocycles. The molecular formula is C30H20N3O+. The van der Waals surface area contributed by atoms with Crippen LogP contribution in [-0.2, 0) is 4.79 Å². The SMILES string of the molecule is C#CC#CC#CC#CC#CC#CC#CC#CC#CC#CC(=O)NCC[N+]1(CCC)CCN=C1C. The molecule has 0 saturated carbocycles. The molecule has 0 bridgehead atoms. The Bertz CT molecular complexity index is 1430. The summed E-state index contributed by atoms with van der Waals surface area (Å²) in [5.74, 6) is 47.4. The Balaban J connectivity index is 2.40. The molecule has 0 spiro atoms. The number of carbonyl (C=O) groups is 1. The first-order valence-electron chi connectivity index (χ1n) is 10.3. The molecule has 160 valence electrons. The van der Waals surface area contributed by atoms with Crippen molar-refractivity contribution in [3.63, 3.8) is 0 Å². The Morgan fingerprint density at radius 2 is 1.29 bits per heavy atom. The topological polar surface area (TPSA) is 41.5 Å². The molecule has 1 unspecified atom stereocenters. The van der Waals surface area contributed by atoms with Crippen LogP contribution in [0.25, 0.3) is 0 Å². The van der Waals surface area contributed by atoms with Gasteiger partial charge in [-0.05, 0) is 101 Å². The van der Waals surface area contributed by atoms with Crippen molar-refractivity contribution in [3.8, 4) is 119 Å². The predicted octanol–water partition coefficient (Wildman–Crippen LogP) is 0.425. The van der Waals surface area contributed by atoms with Gasteiger partial charge in [-0.25, -0.2) is 4.99 Å². The molecular weight excluding hydrogens is 418 g/mol. The molecule has 0 aromatic rings. The lowest BCUT2D eigenvalue weighted by molar-refractivity contribution is -0.834. The van der Waals surface area contributed by atoms with Crippen molar-refractivity contribution in [2.45, 2.75) is 20.3 Å². The van der Waals surface area contributed by atoms with E-state index in [2.05, 4.69) is 137 Å². The number of quaternary nitrogens is 1. The van der Waals surface area contributed by atoms with Gasteiger partial charge < -0.3 is 5.32 Å². The molecule has 1 amide bonds. The van der Waals surface area contributed by atoms with Gasteiger partial charge in [-0.1, -0.05) is 6.92 Å². The summed E-state index contributed by atoms with van der Waals surface area (Å²) in [5, 5.41) is 2.81. The van der Waals surface area contributed by atoms with Gasteiger partial charge in [0.1, 0.15) is 13.1 Å². The average molecular weight is 439 g/mol. The van der Waals surface area contributed by atoms with Crippen LogP contribution in [0.1, 0.15) is 20.3 Å². The van der Waals surface area contributed by atoms with E-state index in [4.69, 9.17) is 6.42 Å². The van der Waals surface area contributed by atoms with E-state index in [1.807, 2.05) is 0 Å². The summed E-state index contributed by atoms with van der Waals surface area (Å²) in [5.41, 5.74) is 0. The van der Waals surface area contributed by atoms with Crippen molar-refractivity contribution >= 4 is 11.7 Å². The van der Waals surface area contributed by atoms with Gasteiger partial charge in [0.25, 0.3) is 5.91 Å². The highest BCUT2D eigenvalue weighted by Crippen LogP contribution is 2.15. The van der Waals surface area contributed by atoms with Gasteiger partial charge in [0.2, 0.25) is 0 Å². The van der Waals surface area contributed by atoms with E-state index < -0.39 is 0 Å². The van der Waals surface area contributed by atoms with E-state index in [1.54, 1.807) is 0 Å². The molecule has 1 aliphatic heterocycles. The molecule has 0 radical (unpaired) electrons. The third-order valence-corrected chi connectivity index (χ3v) is 4.28. The standard InChI is InChI=1S/C30H19N3O/c1-4-6-7-8-9-10-11-12-13-14-15-16-17-18-19-20-21-22-23-30(34)32-25-28-33(26-5-2)27-24-31-29(33)3/h1H,5,24-28H2,2-3H3/p+1. The number of hydrogen-bond acceptors (Lipinski definition) is 2. The van der Waals surface area contributed by atoms with Crippen LogP contribution in [0, 0.1) is 119 Å². The molecule has 4 heteroatoms. The number of hydrogen-bond donors (Lipinski definition) is 1. The number of nitrogens with zero attached hydrogens (tertiary/aromatic N) is 2. The molecule has 0 fully saturated rings. The number of amidine groups is 1. The number of aliphatic imine (C=N–C) groups is 1. The molecule has 4 nitrogen and oxygen atoms in total.